The minimum Gasteiger partial charge on any atom is -0.334 e. The highest BCUT2D eigenvalue weighted by molar-refractivity contribution is 8.03. The molecule has 30 heavy (non-hydrogen) atoms. The number of hydrogen-bond donors (Lipinski definition) is 1. The van der Waals surface area contributed by atoms with Crippen LogP contribution in [0, 0.1) is 0 Å². The van der Waals surface area contributed by atoms with Gasteiger partial charge >= 0.3 is 0 Å². The number of benzene rings is 2. The molecule has 156 valence electrons. The molecule has 2 aromatic rings. The van der Waals surface area contributed by atoms with E-state index in [4.69, 9.17) is 16.2 Å². The molecule has 0 unspecified atom stereocenters. The van der Waals surface area contributed by atoms with E-state index >= 15 is 0 Å². The van der Waals surface area contributed by atoms with Crippen molar-refractivity contribution in [3.05, 3.63) is 64.2 Å². The maximum absolute atomic E-state index is 13.3. The van der Waals surface area contributed by atoms with Gasteiger partial charge in [0.2, 0.25) is 0 Å². The van der Waals surface area contributed by atoms with E-state index in [1.54, 1.807) is 19.1 Å². The fourth-order valence-electron chi connectivity index (χ4n) is 3.37. The maximum atomic E-state index is 13.3. The van der Waals surface area contributed by atoms with Gasteiger partial charge in [0.1, 0.15) is 0 Å². The van der Waals surface area contributed by atoms with Crippen molar-refractivity contribution in [3.63, 3.8) is 0 Å². The lowest BCUT2D eigenvalue weighted by molar-refractivity contribution is -0.114. The third-order valence-electron chi connectivity index (χ3n) is 4.68. The summed E-state index contributed by atoms with van der Waals surface area (Å²) >= 11 is 7.60. The number of amides is 1. The fraction of sp³-hybridized carbons (Fsp3) is 0.200. The Morgan fingerprint density at radius 2 is 1.90 bits per heavy atom. The van der Waals surface area contributed by atoms with E-state index in [0.29, 0.717) is 33.6 Å². The van der Waals surface area contributed by atoms with Crippen molar-refractivity contribution in [2.75, 3.05) is 22.2 Å². The number of hydrazone groups is 1. The van der Waals surface area contributed by atoms with Gasteiger partial charge in [-0.05, 0) is 43.7 Å². The van der Waals surface area contributed by atoms with E-state index in [0.717, 1.165) is 10.6 Å². The van der Waals surface area contributed by atoms with Crippen molar-refractivity contribution < 1.29 is 17.8 Å². The maximum Gasteiger partial charge on any atom is 0.283 e. The van der Waals surface area contributed by atoms with Gasteiger partial charge in [-0.15, -0.1) is 0 Å². The van der Waals surface area contributed by atoms with Crippen molar-refractivity contribution >= 4 is 56.5 Å². The van der Waals surface area contributed by atoms with E-state index in [1.165, 1.54) is 16.8 Å². The van der Waals surface area contributed by atoms with Crippen molar-refractivity contribution in [2.24, 2.45) is 5.10 Å². The van der Waals surface area contributed by atoms with E-state index in [1.807, 2.05) is 41.3 Å². The van der Waals surface area contributed by atoms with Gasteiger partial charge in [-0.1, -0.05) is 41.6 Å². The molecule has 1 amide bonds. The van der Waals surface area contributed by atoms with Crippen molar-refractivity contribution in [3.8, 4) is 0 Å². The first kappa shape index (κ1) is 20.9. The van der Waals surface area contributed by atoms with Crippen LogP contribution < -0.4 is 9.91 Å². The first-order valence-corrected chi connectivity index (χ1v) is 11.9. The third-order valence-corrected chi connectivity index (χ3v) is 6.90. The van der Waals surface area contributed by atoms with Gasteiger partial charge in [0.05, 0.1) is 33.4 Å². The van der Waals surface area contributed by atoms with Gasteiger partial charge < -0.3 is 4.90 Å². The summed E-state index contributed by atoms with van der Waals surface area (Å²) in [4.78, 5) is 16.0. The molecule has 0 saturated carbocycles. The monoisotopic (exact) mass is 463 g/mol. The number of para-hydroxylation sites is 1. The number of carbonyl (C=O) groups excluding carboxylic acids is 1. The molecule has 0 atom stereocenters. The molecule has 2 aromatic carbocycles. The summed E-state index contributed by atoms with van der Waals surface area (Å²) in [5.41, 5.74) is 2.50. The SMILES string of the molecule is CC1=NN(c2ccccc2)C(=O)C1=C1Sc2ccc(Cl)cc2N1CCCS(=O)(=O)O. The zero-order valence-corrected chi connectivity index (χ0v) is 18.3. The molecule has 10 heteroatoms. The van der Waals surface area contributed by atoms with Gasteiger partial charge in [0.25, 0.3) is 16.0 Å². The molecular weight excluding hydrogens is 446 g/mol. The summed E-state index contributed by atoms with van der Waals surface area (Å²) in [6, 6.07) is 14.6. The Hall–Kier alpha value is -2.33. The minimum absolute atomic E-state index is 0.189. The van der Waals surface area contributed by atoms with Gasteiger partial charge in [-0.2, -0.15) is 18.5 Å². The second-order valence-electron chi connectivity index (χ2n) is 6.82. The molecule has 2 heterocycles. The Balaban J connectivity index is 1.73. The predicted octanol–water partition coefficient (Wildman–Crippen LogP) is 4.16. The van der Waals surface area contributed by atoms with Crippen molar-refractivity contribution in [1.82, 2.24) is 0 Å². The third kappa shape index (κ3) is 4.11. The zero-order valence-electron chi connectivity index (χ0n) is 15.9. The first-order chi connectivity index (χ1) is 14.2. The molecule has 4 rings (SSSR count). The van der Waals surface area contributed by atoms with Crippen LogP contribution in [0.5, 0.6) is 0 Å². The number of hydrogen-bond acceptors (Lipinski definition) is 6. The molecule has 1 N–H and O–H groups in total. The number of halogens is 1. The largest absolute Gasteiger partial charge is 0.334 e. The standard InChI is InChI=1S/C20H18ClN3O4S2/c1-13-18(19(25)24(22-13)15-6-3-2-4-7-15)20-23(10-5-11-30(26,27)28)16-12-14(21)8-9-17(16)29-20/h2-4,6-9,12H,5,10-11H2,1H3,(H,26,27,28). The predicted molar refractivity (Wildman–Crippen MR) is 120 cm³/mol. The lowest BCUT2D eigenvalue weighted by Gasteiger charge is -2.22. The second-order valence-corrected chi connectivity index (χ2v) is 9.86. The fourth-order valence-corrected chi connectivity index (χ4v) is 5.28. The Bertz CT molecular complexity index is 1180. The van der Waals surface area contributed by atoms with Crippen LogP contribution in [0.4, 0.5) is 11.4 Å². The molecule has 2 aliphatic heterocycles. The Kier molecular flexibility index (Phi) is 5.63. The number of fused-ring (bicyclic) bond motifs is 1. The van der Waals surface area contributed by atoms with Crippen LogP contribution >= 0.6 is 23.4 Å². The summed E-state index contributed by atoms with van der Waals surface area (Å²) in [6.45, 7) is 2.07. The van der Waals surface area contributed by atoms with Gasteiger partial charge in [-0.25, -0.2) is 0 Å². The molecule has 0 aromatic heterocycles. The van der Waals surface area contributed by atoms with Gasteiger partial charge in [-0.3, -0.25) is 9.35 Å². The number of nitrogens with zero attached hydrogens (tertiary/aromatic N) is 3. The average molecular weight is 464 g/mol. The molecule has 7 nitrogen and oxygen atoms in total. The van der Waals surface area contributed by atoms with Crippen molar-refractivity contribution in [1.29, 1.82) is 0 Å². The quantitative estimate of drug-likeness (QED) is 0.528. The Morgan fingerprint density at radius 1 is 1.17 bits per heavy atom. The van der Waals surface area contributed by atoms with Gasteiger partial charge in [0, 0.05) is 16.5 Å². The summed E-state index contributed by atoms with van der Waals surface area (Å²) < 4.78 is 31.4. The Labute approximate surface area is 183 Å². The summed E-state index contributed by atoms with van der Waals surface area (Å²) in [5, 5.41) is 7.02. The highest BCUT2D eigenvalue weighted by Gasteiger charge is 2.37. The molecule has 2 aliphatic rings. The number of thioether (sulfide) groups is 1. The van der Waals surface area contributed by atoms with Crippen LogP contribution in [0.15, 0.2) is 69.1 Å². The minimum atomic E-state index is -4.08. The van der Waals surface area contributed by atoms with E-state index < -0.39 is 10.1 Å². The summed E-state index contributed by atoms with van der Waals surface area (Å²) in [6.07, 6.45) is 0.189. The van der Waals surface area contributed by atoms with E-state index in [9.17, 15) is 13.2 Å². The summed E-state index contributed by atoms with van der Waals surface area (Å²) in [7, 11) is -4.08. The number of rotatable bonds is 5. The normalized spacial score (nSPS) is 18.8. The molecule has 0 fully saturated rings. The number of carbonyl (C=O) groups is 1. The molecule has 0 spiro atoms. The zero-order chi connectivity index (χ0) is 21.5. The van der Waals surface area contributed by atoms with Crippen LogP contribution in [-0.2, 0) is 14.9 Å². The lowest BCUT2D eigenvalue weighted by Crippen LogP contribution is -2.27. The van der Waals surface area contributed by atoms with Crippen LogP contribution in [0.25, 0.3) is 0 Å². The number of anilines is 2. The second kappa shape index (κ2) is 8.07. The van der Waals surface area contributed by atoms with Crippen molar-refractivity contribution in [2.45, 2.75) is 18.2 Å². The van der Waals surface area contributed by atoms with Crippen LogP contribution in [0.1, 0.15) is 13.3 Å². The molecule has 0 radical (unpaired) electrons. The van der Waals surface area contributed by atoms with Crippen LogP contribution in [0.3, 0.4) is 0 Å². The van der Waals surface area contributed by atoms with E-state index in [2.05, 4.69) is 5.10 Å². The average Bonchev–Trinajstić information content (AvgIpc) is 3.18. The molecule has 0 aliphatic carbocycles. The van der Waals surface area contributed by atoms with Crippen LogP contribution in [0.2, 0.25) is 5.02 Å². The van der Waals surface area contributed by atoms with Gasteiger partial charge in [0.15, 0.2) is 0 Å². The Morgan fingerprint density at radius 3 is 2.60 bits per heavy atom. The highest BCUT2D eigenvalue weighted by Crippen LogP contribution is 2.49. The van der Waals surface area contributed by atoms with Crippen LogP contribution in [-0.4, -0.2) is 36.9 Å². The molecule has 0 saturated heterocycles. The topological polar surface area (TPSA) is 90.3 Å². The molecular formula is C20H18ClN3O4S2. The first-order valence-electron chi connectivity index (χ1n) is 9.14. The summed E-state index contributed by atoms with van der Waals surface area (Å²) in [5.74, 6) is -0.621. The van der Waals surface area contributed by atoms with E-state index in [-0.39, 0.29) is 18.1 Å². The highest BCUT2D eigenvalue weighted by atomic mass is 35.5. The molecule has 0 bridgehead atoms. The lowest BCUT2D eigenvalue weighted by atomic mass is 10.1. The smallest absolute Gasteiger partial charge is 0.283 e.